The van der Waals surface area contributed by atoms with Crippen molar-refractivity contribution in [2.75, 3.05) is 19.0 Å². The van der Waals surface area contributed by atoms with Crippen molar-refractivity contribution in [3.05, 3.63) is 130 Å². The Morgan fingerprint density at radius 1 is 1.09 bits per heavy atom. The molecular weight excluding hydrogens is 604 g/mol. The fourth-order valence-electron chi connectivity index (χ4n) is 4.99. The van der Waals surface area contributed by atoms with E-state index in [0.29, 0.717) is 56.4 Å². The van der Waals surface area contributed by atoms with Gasteiger partial charge in [0.25, 0.3) is 11.5 Å². The molecule has 0 atom stereocenters. The number of benzene rings is 4. The highest BCUT2D eigenvalue weighted by atomic mass is 35.5. The molecule has 9 nitrogen and oxygen atoms in total. The van der Waals surface area contributed by atoms with E-state index in [1.54, 1.807) is 54.6 Å². The highest BCUT2D eigenvalue weighted by Crippen LogP contribution is 2.34. The van der Waals surface area contributed by atoms with Crippen molar-refractivity contribution in [3.63, 3.8) is 0 Å². The number of nitrogens with one attached hydrogen (secondary N) is 1. The number of nitrogens with zero attached hydrogens (tertiary/aromatic N) is 3. The molecule has 0 spiro atoms. The lowest BCUT2D eigenvalue weighted by Gasteiger charge is -2.16. The molecule has 0 aliphatic carbocycles. The third-order valence-electron chi connectivity index (χ3n) is 7.20. The number of amides is 1. The van der Waals surface area contributed by atoms with Gasteiger partial charge in [0.1, 0.15) is 5.58 Å². The van der Waals surface area contributed by atoms with Gasteiger partial charge in [0, 0.05) is 21.7 Å². The highest BCUT2D eigenvalue weighted by molar-refractivity contribution is 6.31. The molecule has 4 aromatic carbocycles. The summed E-state index contributed by atoms with van der Waals surface area (Å²) >= 11 is 6.19. The molecule has 0 aliphatic heterocycles. The summed E-state index contributed by atoms with van der Waals surface area (Å²) in [6.07, 6.45) is 3.68. The maximum Gasteiger partial charge on any atom is 0.282 e. The van der Waals surface area contributed by atoms with Crippen LogP contribution in [0.2, 0.25) is 5.02 Å². The first-order valence-electron chi connectivity index (χ1n) is 14.4. The largest absolute Gasteiger partial charge is 0.493 e. The molecule has 230 valence electrons. The molecule has 0 saturated heterocycles. The van der Waals surface area contributed by atoms with Crippen molar-refractivity contribution >= 4 is 51.3 Å². The number of carbonyl (C=O) groups excluding carboxylic acids is 1. The predicted octanol–water partition coefficient (Wildman–Crippen LogP) is 7.41. The van der Waals surface area contributed by atoms with E-state index in [0.717, 1.165) is 16.5 Å². The maximum absolute atomic E-state index is 13.7. The lowest BCUT2D eigenvalue weighted by atomic mass is 10.1. The quantitative estimate of drug-likeness (QED) is 0.124. The van der Waals surface area contributed by atoms with Crippen molar-refractivity contribution < 1.29 is 18.7 Å². The van der Waals surface area contributed by atoms with Crippen LogP contribution in [0.15, 0.2) is 112 Å². The van der Waals surface area contributed by atoms with Crippen molar-refractivity contribution in [2.45, 2.75) is 13.3 Å². The average Bonchev–Trinajstić information content (AvgIpc) is 3.48. The van der Waals surface area contributed by atoms with Gasteiger partial charge in [0.05, 0.1) is 24.2 Å². The molecular formula is C36H29ClN4O5. The standard InChI is InChI=1S/C36H29ClN4O5/c1-4-7-24-16-23(17-31(44-3)34(24)45-21-33(42)39-27-13-10-22(2)11-14-27)20-38-41-35(40-29-9-6-5-8-28(29)36(41)43)32-19-25-18-26(37)12-15-30(25)46-32/h4-6,8-20H,1,7,21H2,2-3H3,(H,39,42). The Bertz CT molecular complexity index is 2180. The average molecular weight is 633 g/mol. The molecule has 0 fully saturated rings. The molecule has 0 saturated carbocycles. The van der Waals surface area contributed by atoms with Gasteiger partial charge in [0.2, 0.25) is 5.82 Å². The van der Waals surface area contributed by atoms with Crippen molar-refractivity contribution in [2.24, 2.45) is 5.10 Å². The Morgan fingerprint density at radius 3 is 2.67 bits per heavy atom. The van der Waals surface area contributed by atoms with Crippen molar-refractivity contribution in [1.29, 1.82) is 0 Å². The van der Waals surface area contributed by atoms with Gasteiger partial charge in [-0.15, -0.1) is 6.58 Å². The lowest BCUT2D eigenvalue weighted by Crippen LogP contribution is -2.21. The molecule has 6 rings (SSSR count). The molecule has 10 heteroatoms. The van der Waals surface area contributed by atoms with E-state index < -0.39 is 0 Å². The summed E-state index contributed by atoms with van der Waals surface area (Å²) in [6.45, 7) is 5.61. The topological polar surface area (TPSA) is 108 Å². The minimum atomic E-state index is -0.367. The number of aryl methyl sites for hydroxylation is 1. The van der Waals surface area contributed by atoms with Crippen LogP contribution in [0.3, 0.4) is 0 Å². The number of furan rings is 1. The van der Waals surface area contributed by atoms with Crippen molar-refractivity contribution in [3.8, 4) is 23.1 Å². The maximum atomic E-state index is 13.7. The lowest BCUT2D eigenvalue weighted by molar-refractivity contribution is -0.118. The minimum absolute atomic E-state index is 0.227. The van der Waals surface area contributed by atoms with Crippen LogP contribution in [-0.4, -0.2) is 35.5 Å². The molecule has 2 aromatic heterocycles. The van der Waals surface area contributed by atoms with Crippen LogP contribution in [0.25, 0.3) is 33.5 Å². The van der Waals surface area contributed by atoms with Crippen LogP contribution in [0.4, 0.5) is 5.69 Å². The third kappa shape index (κ3) is 6.40. The van der Waals surface area contributed by atoms with E-state index in [2.05, 4.69) is 17.0 Å². The molecule has 1 N–H and O–H groups in total. The number of para-hydroxylation sites is 1. The number of hydrogen-bond acceptors (Lipinski definition) is 7. The van der Waals surface area contributed by atoms with E-state index in [1.165, 1.54) is 18.0 Å². The van der Waals surface area contributed by atoms with Gasteiger partial charge in [-0.05, 0) is 79.6 Å². The Kier molecular flexibility index (Phi) is 8.67. The number of halogens is 1. The Hall–Kier alpha value is -5.67. The van der Waals surface area contributed by atoms with Crippen LogP contribution in [0.1, 0.15) is 16.7 Å². The van der Waals surface area contributed by atoms with Crippen LogP contribution < -0.4 is 20.3 Å². The molecule has 2 heterocycles. The second-order valence-corrected chi connectivity index (χ2v) is 11.0. The second-order valence-electron chi connectivity index (χ2n) is 10.5. The van der Waals surface area contributed by atoms with Crippen molar-refractivity contribution in [1.82, 2.24) is 9.66 Å². The number of fused-ring (bicyclic) bond motifs is 2. The van der Waals surface area contributed by atoms with Gasteiger partial charge in [-0.3, -0.25) is 9.59 Å². The van der Waals surface area contributed by atoms with Gasteiger partial charge in [-0.25, -0.2) is 4.98 Å². The second kappa shape index (κ2) is 13.1. The Morgan fingerprint density at radius 2 is 1.89 bits per heavy atom. The number of allylic oxidation sites excluding steroid dienone is 1. The molecule has 6 aromatic rings. The summed E-state index contributed by atoms with van der Waals surface area (Å²) in [5.74, 6) is 1.07. The monoisotopic (exact) mass is 632 g/mol. The SMILES string of the molecule is C=CCc1cc(C=Nn2c(-c3cc4cc(Cl)ccc4o3)nc3ccccc3c2=O)cc(OC)c1OCC(=O)Nc1ccc(C)cc1. The summed E-state index contributed by atoms with van der Waals surface area (Å²) in [6, 6.07) is 25.1. The number of anilines is 1. The summed E-state index contributed by atoms with van der Waals surface area (Å²) in [5, 5.41) is 9.12. The van der Waals surface area contributed by atoms with Gasteiger partial charge >= 0.3 is 0 Å². The summed E-state index contributed by atoms with van der Waals surface area (Å²) in [7, 11) is 1.51. The van der Waals surface area contributed by atoms with Crippen LogP contribution in [0, 0.1) is 6.92 Å². The van der Waals surface area contributed by atoms with Gasteiger partial charge in [-0.1, -0.05) is 47.5 Å². The predicted molar refractivity (Wildman–Crippen MR) is 181 cm³/mol. The van der Waals surface area contributed by atoms with E-state index in [-0.39, 0.29) is 23.9 Å². The third-order valence-corrected chi connectivity index (χ3v) is 7.43. The zero-order chi connectivity index (χ0) is 32.2. The number of rotatable bonds is 10. The molecule has 0 bridgehead atoms. The van der Waals surface area contributed by atoms with Crippen LogP contribution in [-0.2, 0) is 11.2 Å². The Labute approximate surface area is 269 Å². The van der Waals surface area contributed by atoms with E-state index in [4.69, 9.17) is 30.5 Å². The minimum Gasteiger partial charge on any atom is -0.493 e. The number of carbonyl (C=O) groups is 1. The van der Waals surface area contributed by atoms with Crippen LogP contribution >= 0.6 is 11.6 Å². The number of hydrogen-bond donors (Lipinski definition) is 1. The molecule has 0 radical (unpaired) electrons. The Balaban J connectivity index is 1.35. The zero-order valence-corrected chi connectivity index (χ0v) is 25.9. The molecule has 0 aliphatic rings. The number of ether oxygens (including phenoxy) is 2. The first kappa shape index (κ1) is 30.4. The summed E-state index contributed by atoms with van der Waals surface area (Å²) < 4.78 is 18.9. The summed E-state index contributed by atoms with van der Waals surface area (Å²) in [4.78, 5) is 31.1. The van der Waals surface area contributed by atoms with E-state index >= 15 is 0 Å². The van der Waals surface area contributed by atoms with Crippen LogP contribution in [0.5, 0.6) is 11.5 Å². The van der Waals surface area contributed by atoms with Gasteiger partial charge in [0.15, 0.2) is 23.9 Å². The first-order valence-corrected chi connectivity index (χ1v) is 14.8. The highest BCUT2D eigenvalue weighted by Gasteiger charge is 2.18. The van der Waals surface area contributed by atoms with Gasteiger partial charge < -0.3 is 19.2 Å². The summed E-state index contributed by atoms with van der Waals surface area (Å²) in [5.41, 5.74) is 3.84. The van der Waals surface area contributed by atoms with E-state index in [1.807, 2.05) is 43.3 Å². The number of methoxy groups -OCH3 is 1. The normalized spacial score (nSPS) is 11.3. The number of aromatic nitrogens is 2. The molecule has 0 unspecified atom stereocenters. The fourth-order valence-corrected chi connectivity index (χ4v) is 5.17. The first-order chi connectivity index (χ1) is 22.3. The fraction of sp³-hybridized carbons (Fsp3) is 0.111. The smallest absolute Gasteiger partial charge is 0.282 e. The molecule has 46 heavy (non-hydrogen) atoms. The van der Waals surface area contributed by atoms with E-state index in [9.17, 15) is 9.59 Å². The zero-order valence-electron chi connectivity index (χ0n) is 25.1. The molecule has 1 amide bonds. The van der Waals surface area contributed by atoms with Gasteiger partial charge in [-0.2, -0.15) is 9.78 Å².